The van der Waals surface area contributed by atoms with Crippen molar-refractivity contribution in [3.63, 3.8) is 0 Å². The van der Waals surface area contributed by atoms with Crippen molar-refractivity contribution in [1.82, 2.24) is 0 Å². The van der Waals surface area contributed by atoms with E-state index in [0.717, 1.165) is 29.5 Å². The Morgan fingerprint density at radius 1 is 0.667 bits per heavy atom. The zero-order chi connectivity index (χ0) is 29.3. The molecular formula is C37H44O5. The predicted octanol–water partition coefficient (Wildman–Crippen LogP) is 7.37. The third-order valence-electron chi connectivity index (χ3n) is 9.64. The Morgan fingerprint density at radius 3 is 1.67 bits per heavy atom. The number of rotatable bonds is 15. The first-order chi connectivity index (χ1) is 20.5. The Morgan fingerprint density at radius 2 is 1.14 bits per heavy atom. The third-order valence-corrected chi connectivity index (χ3v) is 9.64. The Balaban J connectivity index is 1.27. The van der Waals surface area contributed by atoms with Gasteiger partial charge in [-0.3, -0.25) is 9.59 Å². The van der Waals surface area contributed by atoms with Crippen LogP contribution in [-0.2, 0) is 43.6 Å². The predicted molar refractivity (Wildman–Crippen MR) is 164 cm³/mol. The second kappa shape index (κ2) is 14.4. The smallest absolute Gasteiger partial charge is 0.150 e. The quantitative estimate of drug-likeness (QED) is 0.142. The second-order valence-corrected chi connectivity index (χ2v) is 12.4. The van der Waals surface area contributed by atoms with E-state index in [1.54, 1.807) is 0 Å². The van der Waals surface area contributed by atoms with Gasteiger partial charge >= 0.3 is 0 Å². The lowest BCUT2D eigenvalue weighted by molar-refractivity contribution is -0.167. The van der Waals surface area contributed by atoms with Crippen LogP contribution in [0.3, 0.4) is 0 Å². The molecule has 0 unspecified atom stereocenters. The minimum Gasteiger partial charge on any atom is -0.377 e. The molecule has 2 saturated carbocycles. The van der Waals surface area contributed by atoms with Crippen molar-refractivity contribution < 1.29 is 23.8 Å². The molecule has 0 spiro atoms. The van der Waals surface area contributed by atoms with E-state index in [2.05, 4.69) is 43.3 Å². The highest BCUT2D eigenvalue weighted by molar-refractivity contribution is 6.08. The number of benzene rings is 3. The number of hydrogen-bond acceptors (Lipinski definition) is 5. The second-order valence-electron chi connectivity index (χ2n) is 12.4. The fraction of sp³-hybridized carbons (Fsp3) is 0.459. The Labute approximate surface area is 250 Å². The zero-order valence-corrected chi connectivity index (χ0v) is 24.8. The maximum atomic E-state index is 14.2. The molecule has 0 saturated heterocycles. The molecule has 4 atom stereocenters. The molecule has 5 nitrogen and oxygen atoms in total. The van der Waals surface area contributed by atoms with Gasteiger partial charge in [-0.2, -0.15) is 0 Å². The van der Waals surface area contributed by atoms with Crippen LogP contribution in [0.25, 0.3) is 0 Å². The highest BCUT2D eigenvalue weighted by Crippen LogP contribution is 2.59. The molecule has 2 fully saturated rings. The summed E-state index contributed by atoms with van der Waals surface area (Å²) in [4.78, 5) is 27.7. The summed E-state index contributed by atoms with van der Waals surface area (Å²) in [7, 11) is 0. The van der Waals surface area contributed by atoms with Crippen molar-refractivity contribution in [2.24, 2.45) is 22.7 Å². The van der Waals surface area contributed by atoms with Crippen LogP contribution >= 0.6 is 0 Å². The summed E-state index contributed by atoms with van der Waals surface area (Å²) >= 11 is 0. The molecule has 0 heterocycles. The number of ketones is 2. The summed E-state index contributed by atoms with van der Waals surface area (Å²) in [5, 5.41) is 0. The molecule has 3 aromatic rings. The lowest BCUT2D eigenvalue weighted by Crippen LogP contribution is -2.59. The first kappa shape index (κ1) is 30.3. The van der Waals surface area contributed by atoms with E-state index >= 15 is 0 Å². The van der Waals surface area contributed by atoms with Crippen LogP contribution in [0.2, 0.25) is 0 Å². The van der Waals surface area contributed by atoms with Crippen LogP contribution in [0, 0.1) is 22.7 Å². The highest BCUT2D eigenvalue weighted by Gasteiger charge is 2.61. The van der Waals surface area contributed by atoms with E-state index < -0.39 is 16.7 Å². The van der Waals surface area contributed by atoms with Gasteiger partial charge in [0, 0.05) is 31.7 Å². The maximum absolute atomic E-state index is 14.2. The van der Waals surface area contributed by atoms with E-state index in [0.29, 0.717) is 65.3 Å². The first-order valence-electron chi connectivity index (χ1n) is 15.4. The van der Waals surface area contributed by atoms with Crippen LogP contribution in [-0.4, -0.2) is 31.4 Å². The summed E-state index contributed by atoms with van der Waals surface area (Å²) in [6, 6.07) is 30.4. The topological polar surface area (TPSA) is 61.8 Å². The summed E-state index contributed by atoms with van der Waals surface area (Å²) in [6.07, 6.45) is 4.00. The fourth-order valence-corrected chi connectivity index (χ4v) is 7.10. The number of carbonyl (C=O) groups is 2. The Kier molecular flexibility index (Phi) is 10.4. The van der Waals surface area contributed by atoms with Crippen LogP contribution in [0.1, 0.15) is 62.1 Å². The summed E-state index contributed by atoms with van der Waals surface area (Å²) in [5.74, 6) is -0.182. The van der Waals surface area contributed by atoms with Crippen molar-refractivity contribution in [3.05, 3.63) is 108 Å². The van der Waals surface area contributed by atoms with Gasteiger partial charge in [0.15, 0.2) is 0 Å². The molecule has 222 valence electrons. The molecule has 0 N–H and O–H groups in total. The third kappa shape index (κ3) is 7.26. The molecule has 5 heteroatoms. The van der Waals surface area contributed by atoms with Crippen LogP contribution in [0.5, 0.6) is 0 Å². The van der Waals surface area contributed by atoms with Gasteiger partial charge in [-0.15, -0.1) is 0 Å². The molecule has 0 amide bonds. The summed E-state index contributed by atoms with van der Waals surface area (Å²) in [6.45, 7) is 5.38. The summed E-state index contributed by atoms with van der Waals surface area (Å²) in [5.41, 5.74) is 2.42. The SMILES string of the molecule is C[C@@]1(CCOCc2ccccc2)[C@@H](CCOCc2ccccc2)C[C@]2(CCOCc3ccccc3)CCC(=O)[C@H]1C2=O. The van der Waals surface area contributed by atoms with Crippen molar-refractivity contribution in [2.75, 3.05) is 19.8 Å². The van der Waals surface area contributed by atoms with Crippen molar-refractivity contribution in [3.8, 4) is 0 Å². The molecule has 2 bridgehead atoms. The normalized spacial score (nSPS) is 25.5. The van der Waals surface area contributed by atoms with Gasteiger partial charge < -0.3 is 14.2 Å². The van der Waals surface area contributed by atoms with E-state index in [1.165, 1.54) is 0 Å². The lowest BCUT2D eigenvalue weighted by Gasteiger charge is -2.56. The Bertz CT molecular complexity index is 1280. The van der Waals surface area contributed by atoms with Gasteiger partial charge in [0.1, 0.15) is 11.6 Å². The molecule has 0 aromatic heterocycles. The standard InChI is InChI=1S/C37H44O5/c1-36(20-23-41-27-30-13-7-3-8-14-30)32(18-22-40-26-29-11-5-2-6-12-29)25-37(19-17-33(38)34(36)35(37)39)21-24-42-28-31-15-9-4-10-16-31/h2-16,32,34H,17-28H2,1H3/t32-,34-,36+,37+/m0/s1. The van der Waals surface area contributed by atoms with Crippen LogP contribution in [0.15, 0.2) is 91.0 Å². The minimum atomic E-state index is -0.589. The number of Topliss-reactive ketones (excluding diaryl/α,β-unsaturated/α-hetero) is 2. The number of carbonyl (C=O) groups excluding carboxylic acids is 2. The maximum Gasteiger partial charge on any atom is 0.150 e. The van der Waals surface area contributed by atoms with Gasteiger partial charge in [-0.25, -0.2) is 0 Å². The molecule has 3 aromatic carbocycles. The fourth-order valence-electron chi connectivity index (χ4n) is 7.10. The van der Waals surface area contributed by atoms with Crippen molar-refractivity contribution in [2.45, 2.75) is 65.3 Å². The molecule has 0 aliphatic heterocycles. The van der Waals surface area contributed by atoms with E-state index in [4.69, 9.17) is 14.2 Å². The van der Waals surface area contributed by atoms with Gasteiger partial charge in [-0.05, 0) is 60.1 Å². The van der Waals surface area contributed by atoms with E-state index in [9.17, 15) is 9.59 Å². The monoisotopic (exact) mass is 568 g/mol. The first-order valence-corrected chi connectivity index (χ1v) is 15.4. The van der Waals surface area contributed by atoms with E-state index in [-0.39, 0.29) is 17.5 Å². The van der Waals surface area contributed by atoms with Crippen molar-refractivity contribution >= 4 is 11.6 Å². The zero-order valence-electron chi connectivity index (χ0n) is 24.8. The van der Waals surface area contributed by atoms with Gasteiger partial charge in [0.05, 0.1) is 25.7 Å². The largest absolute Gasteiger partial charge is 0.377 e. The average Bonchev–Trinajstić information content (AvgIpc) is 3.02. The summed E-state index contributed by atoms with van der Waals surface area (Å²) < 4.78 is 18.3. The molecule has 0 radical (unpaired) electrons. The minimum absolute atomic E-state index is 0.0984. The van der Waals surface area contributed by atoms with Gasteiger partial charge in [-0.1, -0.05) is 97.9 Å². The number of ether oxygens (including phenoxy) is 3. The molecule has 42 heavy (non-hydrogen) atoms. The molecule has 5 rings (SSSR count). The van der Waals surface area contributed by atoms with Crippen molar-refractivity contribution in [1.29, 1.82) is 0 Å². The highest BCUT2D eigenvalue weighted by atomic mass is 16.5. The number of fused-ring (bicyclic) bond motifs is 2. The molecule has 2 aliphatic rings. The van der Waals surface area contributed by atoms with Gasteiger partial charge in [0.25, 0.3) is 0 Å². The van der Waals surface area contributed by atoms with Gasteiger partial charge in [0.2, 0.25) is 0 Å². The van der Waals surface area contributed by atoms with Crippen LogP contribution in [0.4, 0.5) is 0 Å². The molecule has 2 aliphatic carbocycles. The van der Waals surface area contributed by atoms with Crippen LogP contribution < -0.4 is 0 Å². The average molecular weight is 569 g/mol. The molecular weight excluding hydrogens is 524 g/mol. The Hall–Kier alpha value is -3.12. The lowest BCUT2D eigenvalue weighted by atomic mass is 9.46. The number of hydrogen-bond donors (Lipinski definition) is 0. The van der Waals surface area contributed by atoms with E-state index in [1.807, 2.05) is 54.6 Å².